The Kier molecular flexibility index (Phi) is 2.62. The molecule has 2 aromatic rings. The van der Waals surface area contributed by atoms with Gasteiger partial charge in [0.2, 0.25) is 0 Å². The van der Waals surface area contributed by atoms with Gasteiger partial charge in [-0.25, -0.2) is 9.97 Å². The molecule has 1 fully saturated rings. The molecule has 3 unspecified atom stereocenters. The quantitative estimate of drug-likeness (QED) is 0.545. The van der Waals surface area contributed by atoms with Crippen LogP contribution in [0.3, 0.4) is 0 Å². The number of aromatic nitrogens is 4. The Hall–Kier alpha value is -1.77. The summed E-state index contributed by atoms with van der Waals surface area (Å²) in [6, 6.07) is 0. The summed E-state index contributed by atoms with van der Waals surface area (Å²) in [5, 5.41) is 25.8. The number of aliphatic hydroxyl groups is 2. The molecular formula is C10H13N5O3. The van der Waals surface area contributed by atoms with Gasteiger partial charge < -0.3 is 20.7 Å². The highest BCUT2D eigenvalue weighted by atomic mass is 16.5. The smallest absolute Gasteiger partial charge is 0.155 e. The van der Waals surface area contributed by atoms with Gasteiger partial charge in [-0.15, -0.1) is 0 Å². The van der Waals surface area contributed by atoms with Gasteiger partial charge in [-0.3, -0.25) is 5.10 Å². The number of H-pyrrole nitrogens is 1. The molecule has 96 valence electrons. The molecule has 8 heteroatoms. The summed E-state index contributed by atoms with van der Waals surface area (Å²) in [7, 11) is 0. The number of anilines is 1. The monoisotopic (exact) mass is 251 g/mol. The Morgan fingerprint density at radius 1 is 1.44 bits per heavy atom. The number of rotatable bonds is 2. The Morgan fingerprint density at radius 3 is 3.00 bits per heavy atom. The van der Waals surface area contributed by atoms with E-state index in [1.54, 1.807) is 0 Å². The summed E-state index contributed by atoms with van der Waals surface area (Å²) in [5.41, 5.74) is 7.22. The Labute approximate surface area is 102 Å². The van der Waals surface area contributed by atoms with Gasteiger partial charge in [0.25, 0.3) is 0 Å². The van der Waals surface area contributed by atoms with E-state index in [0.717, 1.165) is 0 Å². The number of nitrogens with one attached hydrogen (secondary N) is 1. The number of aromatic amines is 1. The third kappa shape index (κ3) is 1.62. The van der Waals surface area contributed by atoms with Crippen LogP contribution in [-0.2, 0) is 4.74 Å². The lowest BCUT2D eigenvalue weighted by molar-refractivity contribution is -0.0123. The van der Waals surface area contributed by atoms with E-state index in [4.69, 9.17) is 15.6 Å². The number of hydrogen-bond donors (Lipinski definition) is 4. The molecule has 5 N–H and O–H groups in total. The van der Waals surface area contributed by atoms with Crippen molar-refractivity contribution in [3.63, 3.8) is 0 Å². The molecule has 0 amide bonds. The second-order valence-electron chi connectivity index (χ2n) is 4.26. The van der Waals surface area contributed by atoms with Gasteiger partial charge in [0.05, 0.1) is 24.5 Å². The van der Waals surface area contributed by atoms with Crippen LogP contribution >= 0.6 is 0 Å². The van der Waals surface area contributed by atoms with Crippen LogP contribution in [0, 0.1) is 0 Å². The van der Waals surface area contributed by atoms with E-state index in [1.165, 1.54) is 6.33 Å². The summed E-state index contributed by atoms with van der Waals surface area (Å²) in [6.07, 6.45) is 0.0510. The van der Waals surface area contributed by atoms with Crippen molar-refractivity contribution in [2.24, 2.45) is 0 Å². The van der Waals surface area contributed by atoms with Crippen LogP contribution in [0.2, 0.25) is 0 Å². The molecule has 0 saturated carbocycles. The Balaban J connectivity index is 2.02. The largest absolute Gasteiger partial charge is 0.394 e. The van der Waals surface area contributed by atoms with Gasteiger partial charge in [-0.2, -0.15) is 5.10 Å². The average Bonchev–Trinajstić information content (AvgIpc) is 2.93. The minimum Gasteiger partial charge on any atom is -0.394 e. The van der Waals surface area contributed by atoms with Crippen LogP contribution in [0.25, 0.3) is 11.0 Å². The van der Waals surface area contributed by atoms with E-state index < -0.39 is 12.2 Å². The average molecular weight is 251 g/mol. The summed E-state index contributed by atoms with van der Waals surface area (Å²) in [6.45, 7) is -0.128. The van der Waals surface area contributed by atoms with Crippen molar-refractivity contribution < 1.29 is 14.9 Å². The SMILES string of the molecule is Nc1ncnc2c(C3OC(CO)CC3O)[nH]nc12. The fraction of sp³-hybridized carbons (Fsp3) is 0.500. The van der Waals surface area contributed by atoms with Crippen molar-refractivity contribution in [3.8, 4) is 0 Å². The first kappa shape index (κ1) is 11.3. The molecule has 0 bridgehead atoms. The van der Waals surface area contributed by atoms with Crippen molar-refractivity contribution in [2.45, 2.75) is 24.7 Å². The zero-order chi connectivity index (χ0) is 12.7. The predicted octanol–water partition coefficient (Wildman–Crippen LogP) is -0.882. The molecule has 2 aromatic heterocycles. The highest BCUT2D eigenvalue weighted by Gasteiger charge is 2.37. The number of nitrogen functional groups attached to an aromatic ring is 1. The molecule has 0 spiro atoms. The third-order valence-corrected chi connectivity index (χ3v) is 3.07. The third-order valence-electron chi connectivity index (χ3n) is 3.07. The fourth-order valence-corrected chi connectivity index (χ4v) is 2.19. The van der Waals surface area contributed by atoms with Crippen LogP contribution in [0.5, 0.6) is 0 Å². The first-order valence-electron chi connectivity index (χ1n) is 5.59. The van der Waals surface area contributed by atoms with E-state index in [9.17, 15) is 5.11 Å². The van der Waals surface area contributed by atoms with E-state index in [1.807, 2.05) is 0 Å². The summed E-state index contributed by atoms with van der Waals surface area (Å²) >= 11 is 0. The first-order chi connectivity index (χ1) is 8.70. The molecule has 3 rings (SSSR count). The molecule has 1 saturated heterocycles. The van der Waals surface area contributed by atoms with Crippen molar-refractivity contribution >= 4 is 16.9 Å². The zero-order valence-corrected chi connectivity index (χ0v) is 9.45. The van der Waals surface area contributed by atoms with Gasteiger partial charge in [0.15, 0.2) is 11.3 Å². The van der Waals surface area contributed by atoms with Crippen LogP contribution in [0.4, 0.5) is 5.82 Å². The summed E-state index contributed by atoms with van der Waals surface area (Å²) in [5.74, 6) is 0.272. The molecule has 8 nitrogen and oxygen atoms in total. The topological polar surface area (TPSA) is 130 Å². The first-order valence-corrected chi connectivity index (χ1v) is 5.59. The lowest BCUT2D eigenvalue weighted by Gasteiger charge is -2.12. The molecule has 1 aliphatic rings. The molecule has 3 atom stereocenters. The van der Waals surface area contributed by atoms with Gasteiger partial charge in [0.1, 0.15) is 17.9 Å². The zero-order valence-electron chi connectivity index (χ0n) is 9.45. The highest BCUT2D eigenvalue weighted by Crippen LogP contribution is 2.35. The number of fused-ring (bicyclic) bond motifs is 1. The van der Waals surface area contributed by atoms with Crippen molar-refractivity contribution in [1.82, 2.24) is 20.2 Å². The van der Waals surface area contributed by atoms with Gasteiger partial charge in [-0.05, 0) is 0 Å². The van der Waals surface area contributed by atoms with Crippen molar-refractivity contribution in [1.29, 1.82) is 0 Å². The number of hydrogen-bond acceptors (Lipinski definition) is 7. The standard InChI is InChI=1S/C10H13N5O3/c11-10-8-6(12-3-13-10)7(14-15-8)9-5(17)1-4(2-16)18-9/h3-5,9,16-17H,1-2H2,(H,14,15)(H2,11,12,13). The summed E-state index contributed by atoms with van der Waals surface area (Å²) in [4.78, 5) is 7.93. The number of ether oxygens (including phenoxy) is 1. The van der Waals surface area contributed by atoms with Gasteiger partial charge in [-0.1, -0.05) is 0 Å². The Bertz CT molecular complexity index is 572. The second kappa shape index (κ2) is 4.16. The van der Waals surface area contributed by atoms with Gasteiger partial charge >= 0.3 is 0 Å². The number of nitrogens with two attached hydrogens (primary N) is 1. The maximum Gasteiger partial charge on any atom is 0.155 e. The number of aliphatic hydroxyl groups excluding tert-OH is 2. The van der Waals surface area contributed by atoms with Gasteiger partial charge in [0, 0.05) is 6.42 Å². The number of nitrogens with zero attached hydrogens (tertiary/aromatic N) is 3. The minimum atomic E-state index is -0.706. The van der Waals surface area contributed by atoms with E-state index >= 15 is 0 Å². The molecule has 3 heterocycles. The maximum absolute atomic E-state index is 9.93. The Morgan fingerprint density at radius 2 is 2.28 bits per heavy atom. The van der Waals surface area contributed by atoms with Crippen molar-refractivity contribution in [3.05, 3.63) is 12.0 Å². The minimum absolute atomic E-state index is 0.128. The van der Waals surface area contributed by atoms with E-state index in [-0.39, 0.29) is 18.5 Å². The van der Waals surface area contributed by atoms with E-state index in [0.29, 0.717) is 23.1 Å². The molecule has 0 aromatic carbocycles. The van der Waals surface area contributed by atoms with Crippen LogP contribution in [0.15, 0.2) is 6.33 Å². The fourth-order valence-electron chi connectivity index (χ4n) is 2.19. The maximum atomic E-state index is 9.93. The van der Waals surface area contributed by atoms with Crippen molar-refractivity contribution in [2.75, 3.05) is 12.3 Å². The normalized spacial score (nSPS) is 28.0. The molecular weight excluding hydrogens is 238 g/mol. The molecule has 0 aliphatic carbocycles. The lowest BCUT2D eigenvalue weighted by atomic mass is 10.1. The lowest BCUT2D eigenvalue weighted by Crippen LogP contribution is -2.13. The van der Waals surface area contributed by atoms with Crippen LogP contribution < -0.4 is 5.73 Å². The predicted molar refractivity (Wildman–Crippen MR) is 61.4 cm³/mol. The summed E-state index contributed by atoms with van der Waals surface area (Å²) < 4.78 is 5.54. The second-order valence-corrected chi connectivity index (χ2v) is 4.26. The molecule has 1 aliphatic heterocycles. The van der Waals surface area contributed by atoms with Crippen LogP contribution in [-0.4, -0.2) is 49.2 Å². The molecule has 0 radical (unpaired) electrons. The molecule has 18 heavy (non-hydrogen) atoms. The van der Waals surface area contributed by atoms with Crippen LogP contribution in [0.1, 0.15) is 18.2 Å². The van der Waals surface area contributed by atoms with E-state index in [2.05, 4.69) is 20.2 Å². The highest BCUT2D eigenvalue weighted by molar-refractivity contribution is 5.85.